The van der Waals surface area contributed by atoms with E-state index in [2.05, 4.69) is 53.1 Å². The monoisotopic (exact) mass is 552 g/mol. The molecule has 0 spiro atoms. The number of carbonyl (C=O) groups excluding carboxylic acids is 1. The lowest BCUT2D eigenvalue weighted by molar-refractivity contribution is 0.0693. The van der Waals surface area contributed by atoms with Gasteiger partial charge in [0.15, 0.2) is 5.78 Å². The Kier molecular flexibility index (Phi) is 9.68. The Bertz CT molecular complexity index is 1370. The molecule has 41 heavy (non-hydrogen) atoms. The molecule has 2 heterocycles. The smallest absolute Gasteiger partial charge is 0.336 e. The molecule has 5 heteroatoms. The van der Waals surface area contributed by atoms with E-state index in [4.69, 9.17) is 0 Å². The van der Waals surface area contributed by atoms with Gasteiger partial charge in [-0.15, -0.1) is 0 Å². The summed E-state index contributed by atoms with van der Waals surface area (Å²) in [6.45, 7) is 9.92. The molecule has 0 amide bonds. The molecular weight excluding hydrogens is 508 g/mol. The van der Waals surface area contributed by atoms with E-state index in [1.54, 1.807) is 6.07 Å². The van der Waals surface area contributed by atoms with Gasteiger partial charge in [0.2, 0.25) is 0 Å². The molecule has 0 bridgehead atoms. The third kappa shape index (κ3) is 7.52. The van der Waals surface area contributed by atoms with Crippen molar-refractivity contribution in [3.05, 3.63) is 105 Å². The van der Waals surface area contributed by atoms with Crippen LogP contribution >= 0.6 is 0 Å². The standard InChI is InChI=1S/C36H44N2O3/c1-26-7-3-4-10-32(26)24-37-21-17-29-13-14-31(23-30(29)18-22-37)35(39)12-6-9-28-15-19-38(20-16-28)25-34-27(2)8-5-11-33(34)36(40)41/h3-5,7-8,10-11,13-14,23,28H,6,9,12,15-22,24-25H2,1-2H3,(H,40,41). The molecule has 2 aliphatic rings. The van der Waals surface area contributed by atoms with E-state index >= 15 is 0 Å². The highest BCUT2D eigenvalue weighted by atomic mass is 16.4. The molecule has 0 aliphatic carbocycles. The largest absolute Gasteiger partial charge is 0.478 e. The summed E-state index contributed by atoms with van der Waals surface area (Å²) >= 11 is 0. The molecule has 0 atom stereocenters. The first kappa shape index (κ1) is 29.2. The van der Waals surface area contributed by atoms with Gasteiger partial charge in [0.05, 0.1) is 5.56 Å². The highest BCUT2D eigenvalue weighted by Gasteiger charge is 2.22. The van der Waals surface area contributed by atoms with Crippen molar-refractivity contribution in [2.24, 2.45) is 5.92 Å². The third-order valence-corrected chi connectivity index (χ3v) is 9.32. The molecule has 5 rings (SSSR count). The minimum absolute atomic E-state index is 0.270. The number of carbonyl (C=O) groups is 2. The Morgan fingerprint density at radius 2 is 1.51 bits per heavy atom. The van der Waals surface area contributed by atoms with Crippen molar-refractivity contribution in [2.75, 3.05) is 26.2 Å². The van der Waals surface area contributed by atoms with Gasteiger partial charge in [-0.1, -0.05) is 48.5 Å². The maximum Gasteiger partial charge on any atom is 0.336 e. The number of likely N-dealkylation sites (tertiary alicyclic amines) is 1. The van der Waals surface area contributed by atoms with E-state index in [-0.39, 0.29) is 5.78 Å². The van der Waals surface area contributed by atoms with Crippen LogP contribution in [0.5, 0.6) is 0 Å². The van der Waals surface area contributed by atoms with Gasteiger partial charge in [0, 0.05) is 38.2 Å². The van der Waals surface area contributed by atoms with Crippen molar-refractivity contribution in [2.45, 2.75) is 71.9 Å². The van der Waals surface area contributed by atoms with Crippen molar-refractivity contribution in [1.82, 2.24) is 9.80 Å². The molecule has 5 nitrogen and oxygen atoms in total. The number of aromatic carboxylic acids is 1. The lowest BCUT2D eigenvalue weighted by Crippen LogP contribution is -2.34. The number of ketones is 1. The minimum Gasteiger partial charge on any atom is -0.478 e. The van der Waals surface area contributed by atoms with Crippen LogP contribution in [-0.2, 0) is 25.9 Å². The number of benzene rings is 3. The molecule has 2 aliphatic heterocycles. The predicted molar refractivity (Wildman–Crippen MR) is 165 cm³/mol. The summed E-state index contributed by atoms with van der Waals surface area (Å²) in [6, 6.07) is 20.6. The van der Waals surface area contributed by atoms with Gasteiger partial charge >= 0.3 is 5.97 Å². The zero-order valence-electron chi connectivity index (χ0n) is 24.7. The summed E-state index contributed by atoms with van der Waals surface area (Å²) < 4.78 is 0. The number of aryl methyl sites for hydroxylation is 2. The number of fused-ring (bicyclic) bond motifs is 1. The number of rotatable bonds is 10. The lowest BCUT2D eigenvalue weighted by Gasteiger charge is -2.32. The quantitative estimate of drug-likeness (QED) is 0.278. The summed E-state index contributed by atoms with van der Waals surface area (Å²) in [5.74, 6) is 0.0611. The summed E-state index contributed by atoms with van der Waals surface area (Å²) in [6.07, 6.45) is 6.90. The van der Waals surface area contributed by atoms with Gasteiger partial charge in [-0.25, -0.2) is 4.79 Å². The first-order chi connectivity index (χ1) is 19.9. The molecule has 1 saturated heterocycles. The first-order valence-corrected chi connectivity index (χ1v) is 15.3. The maximum absolute atomic E-state index is 13.1. The number of hydrogen-bond donors (Lipinski definition) is 1. The Hall–Kier alpha value is -3.28. The van der Waals surface area contributed by atoms with E-state index < -0.39 is 5.97 Å². The van der Waals surface area contributed by atoms with Crippen LogP contribution in [0.3, 0.4) is 0 Å². The minimum atomic E-state index is -0.849. The number of carboxylic acids is 1. The van der Waals surface area contributed by atoms with Crippen LogP contribution in [-0.4, -0.2) is 52.8 Å². The van der Waals surface area contributed by atoms with Crippen molar-refractivity contribution < 1.29 is 14.7 Å². The van der Waals surface area contributed by atoms with Crippen molar-refractivity contribution in [3.8, 4) is 0 Å². The number of hydrogen-bond acceptors (Lipinski definition) is 4. The zero-order chi connectivity index (χ0) is 28.8. The molecule has 1 fully saturated rings. The lowest BCUT2D eigenvalue weighted by atomic mass is 9.89. The Morgan fingerprint density at radius 3 is 2.27 bits per heavy atom. The van der Waals surface area contributed by atoms with Crippen LogP contribution in [0.15, 0.2) is 60.7 Å². The highest BCUT2D eigenvalue weighted by Crippen LogP contribution is 2.27. The fourth-order valence-electron chi connectivity index (χ4n) is 6.60. The average molecular weight is 553 g/mol. The van der Waals surface area contributed by atoms with Gasteiger partial charge in [-0.2, -0.15) is 0 Å². The Balaban J connectivity index is 1.07. The SMILES string of the molecule is Cc1ccccc1CN1CCc2ccc(C(=O)CCCC3CCN(Cc4c(C)cccc4C(=O)O)CC3)cc2CC1. The fourth-order valence-corrected chi connectivity index (χ4v) is 6.60. The van der Waals surface area contributed by atoms with Crippen LogP contribution in [0.25, 0.3) is 0 Å². The first-order valence-electron chi connectivity index (χ1n) is 15.3. The van der Waals surface area contributed by atoms with Crippen LogP contribution in [0.4, 0.5) is 0 Å². The maximum atomic E-state index is 13.1. The van der Waals surface area contributed by atoms with Gasteiger partial charge in [0.25, 0.3) is 0 Å². The second kappa shape index (κ2) is 13.6. The molecule has 0 aromatic heterocycles. The summed E-state index contributed by atoms with van der Waals surface area (Å²) in [5, 5.41) is 9.58. The van der Waals surface area contributed by atoms with Gasteiger partial charge in [-0.3, -0.25) is 14.6 Å². The molecule has 0 radical (unpaired) electrons. The molecule has 0 unspecified atom stereocenters. The van der Waals surface area contributed by atoms with Crippen LogP contribution in [0.1, 0.15) is 86.2 Å². The number of piperidine rings is 1. The number of nitrogens with zero attached hydrogens (tertiary/aromatic N) is 2. The topological polar surface area (TPSA) is 60.9 Å². The van der Waals surface area contributed by atoms with Crippen LogP contribution in [0, 0.1) is 19.8 Å². The Morgan fingerprint density at radius 1 is 0.805 bits per heavy atom. The zero-order valence-corrected chi connectivity index (χ0v) is 24.7. The summed E-state index contributed by atoms with van der Waals surface area (Å²) in [7, 11) is 0. The summed E-state index contributed by atoms with van der Waals surface area (Å²) in [5.41, 5.74) is 8.76. The Labute approximate surface area is 245 Å². The second-order valence-corrected chi connectivity index (χ2v) is 12.1. The molecular formula is C36H44N2O3. The number of Topliss-reactive ketones (excluding diaryl/α,β-unsaturated/α-hetero) is 1. The average Bonchev–Trinajstić information content (AvgIpc) is 3.17. The summed E-state index contributed by atoms with van der Waals surface area (Å²) in [4.78, 5) is 29.7. The van der Waals surface area contributed by atoms with E-state index in [0.29, 0.717) is 24.4 Å². The van der Waals surface area contributed by atoms with E-state index in [1.165, 1.54) is 22.3 Å². The normalized spacial score (nSPS) is 16.7. The molecule has 216 valence electrons. The fraction of sp³-hybridized carbons (Fsp3) is 0.444. The molecule has 1 N–H and O–H groups in total. The van der Waals surface area contributed by atoms with E-state index in [9.17, 15) is 14.7 Å². The molecule has 3 aromatic carbocycles. The predicted octanol–water partition coefficient (Wildman–Crippen LogP) is 6.87. The van der Waals surface area contributed by atoms with Gasteiger partial charge in [0.1, 0.15) is 0 Å². The molecule has 3 aromatic rings. The second-order valence-electron chi connectivity index (χ2n) is 12.1. The van der Waals surface area contributed by atoms with Gasteiger partial charge in [-0.05, 0) is 117 Å². The van der Waals surface area contributed by atoms with Crippen molar-refractivity contribution >= 4 is 11.8 Å². The third-order valence-electron chi connectivity index (χ3n) is 9.32. The van der Waals surface area contributed by atoms with Crippen molar-refractivity contribution in [1.29, 1.82) is 0 Å². The van der Waals surface area contributed by atoms with Gasteiger partial charge < -0.3 is 5.11 Å². The number of carboxylic acid groups (broad SMARTS) is 1. The van der Waals surface area contributed by atoms with E-state index in [1.807, 2.05) is 25.1 Å². The van der Waals surface area contributed by atoms with Crippen LogP contribution < -0.4 is 0 Å². The van der Waals surface area contributed by atoms with E-state index in [0.717, 1.165) is 87.9 Å². The molecule has 0 saturated carbocycles. The van der Waals surface area contributed by atoms with Crippen LogP contribution in [0.2, 0.25) is 0 Å². The highest BCUT2D eigenvalue weighted by molar-refractivity contribution is 5.96. The van der Waals surface area contributed by atoms with Crippen molar-refractivity contribution in [3.63, 3.8) is 0 Å².